The minimum atomic E-state index is -0.303. The zero-order chi connectivity index (χ0) is 22.3. The van der Waals surface area contributed by atoms with Crippen LogP contribution in [0.2, 0.25) is 0 Å². The summed E-state index contributed by atoms with van der Waals surface area (Å²) in [6.07, 6.45) is 2.14. The first-order chi connectivity index (χ1) is 15.7. The Morgan fingerprint density at radius 3 is 2.75 bits per heavy atom. The number of pyridine rings is 1. The molecule has 3 aromatic rings. The summed E-state index contributed by atoms with van der Waals surface area (Å²) >= 11 is 0. The van der Waals surface area contributed by atoms with Crippen molar-refractivity contribution in [3.05, 3.63) is 95.3 Å². The maximum Gasteiger partial charge on any atom is 0.256 e. The number of carbonyl (C=O) groups excluding carboxylic acids is 2. The van der Waals surface area contributed by atoms with Crippen LogP contribution < -0.4 is 10.6 Å². The molecule has 2 amide bonds. The predicted molar refractivity (Wildman–Crippen MR) is 122 cm³/mol. The molecule has 0 fully saturated rings. The zero-order valence-corrected chi connectivity index (χ0v) is 18.0. The monoisotopic (exact) mass is 430 g/mol. The molecule has 1 unspecified atom stereocenters. The van der Waals surface area contributed by atoms with E-state index in [1.165, 1.54) is 0 Å². The molecule has 4 rings (SSSR count). The first-order valence-corrected chi connectivity index (χ1v) is 10.6. The number of aromatic nitrogens is 1. The summed E-state index contributed by atoms with van der Waals surface area (Å²) in [5.41, 5.74) is 3.73. The highest BCUT2D eigenvalue weighted by Crippen LogP contribution is 2.34. The molecule has 0 spiro atoms. The standard InChI is InChI=1S/C25H26N4O3/c1-32-15-7-14-29-23(21-11-2-3-12-22(21)25(29)31)28-19-10-6-8-18(16-19)24(30)27-17-20-9-4-5-13-26-20/h2-6,8-13,16,23,28H,7,14-15,17H2,1H3,(H,27,30). The van der Waals surface area contributed by atoms with Crippen molar-refractivity contribution in [3.63, 3.8) is 0 Å². The van der Waals surface area contributed by atoms with Gasteiger partial charge < -0.3 is 20.3 Å². The number of fused-ring (bicyclic) bond motifs is 1. The number of anilines is 1. The number of nitrogens with zero attached hydrogens (tertiary/aromatic N) is 2. The first-order valence-electron chi connectivity index (χ1n) is 10.6. The molecule has 0 saturated carbocycles. The minimum absolute atomic E-state index is 0.00142. The Balaban J connectivity index is 1.49. The molecule has 0 radical (unpaired) electrons. The molecule has 1 aromatic heterocycles. The third-order valence-electron chi connectivity index (χ3n) is 5.39. The second-order valence-electron chi connectivity index (χ2n) is 7.56. The molecule has 2 heterocycles. The smallest absolute Gasteiger partial charge is 0.256 e. The van der Waals surface area contributed by atoms with E-state index in [-0.39, 0.29) is 18.0 Å². The molecule has 7 nitrogen and oxygen atoms in total. The van der Waals surface area contributed by atoms with Gasteiger partial charge in [-0.05, 0) is 42.8 Å². The van der Waals surface area contributed by atoms with E-state index >= 15 is 0 Å². The highest BCUT2D eigenvalue weighted by molar-refractivity contribution is 5.99. The molecule has 0 saturated heterocycles. The molecule has 2 aromatic carbocycles. The highest BCUT2D eigenvalue weighted by Gasteiger charge is 2.36. The number of rotatable bonds is 9. The average molecular weight is 431 g/mol. The van der Waals surface area contributed by atoms with Gasteiger partial charge in [-0.25, -0.2) is 0 Å². The molecule has 7 heteroatoms. The van der Waals surface area contributed by atoms with Crippen LogP contribution in [0.3, 0.4) is 0 Å². The number of methoxy groups -OCH3 is 1. The molecular formula is C25H26N4O3. The van der Waals surface area contributed by atoms with E-state index in [1.807, 2.05) is 59.5 Å². The van der Waals surface area contributed by atoms with Gasteiger partial charge in [-0.3, -0.25) is 14.6 Å². The van der Waals surface area contributed by atoms with Gasteiger partial charge >= 0.3 is 0 Å². The summed E-state index contributed by atoms with van der Waals surface area (Å²) in [5.74, 6) is -0.183. The lowest BCUT2D eigenvalue weighted by atomic mass is 10.1. The van der Waals surface area contributed by atoms with Gasteiger partial charge in [-0.1, -0.05) is 30.3 Å². The lowest BCUT2D eigenvalue weighted by molar-refractivity contribution is 0.0721. The fourth-order valence-corrected chi connectivity index (χ4v) is 3.82. The third kappa shape index (κ3) is 4.78. The van der Waals surface area contributed by atoms with Gasteiger partial charge in [-0.15, -0.1) is 0 Å². The van der Waals surface area contributed by atoms with Crippen molar-refractivity contribution in [2.75, 3.05) is 25.6 Å². The van der Waals surface area contributed by atoms with Crippen LogP contribution in [0, 0.1) is 0 Å². The predicted octanol–water partition coefficient (Wildman–Crippen LogP) is 3.61. The van der Waals surface area contributed by atoms with E-state index in [2.05, 4.69) is 15.6 Å². The summed E-state index contributed by atoms with van der Waals surface area (Å²) in [6.45, 7) is 1.51. The highest BCUT2D eigenvalue weighted by atomic mass is 16.5. The Kier molecular flexibility index (Phi) is 6.77. The number of hydrogen-bond acceptors (Lipinski definition) is 5. The third-order valence-corrected chi connectivity index (χ3v) is 5.39. The Labute approximate surface area is 187 Å². The number of ether oxygens (including phenoxy) is 1. The summed E-state index contributed by atoms with van der Waals surface area (Å²) in [5, 5.41) is 6.34. The van der Waals surface area contributed by atoms with Gasteiger partial charge in [0, 0.05) is 48.8 Å². The van der Waals surface area contributed by atoms with Crippen LogP contribution in [0.5, 0.6) is 0 Å². The first kappa shape index (κ1) is 21.5. The van der Waals surface area contributed by atoms with Crippen LogP contribution in [0.25, 0.3) is 0 Å². The van der Waals surface area contributed by atoms with E-state index in [0.29, 0.717) is 30.8 Å². The maximum atomic E-state index is 13.0. The largest absolute Gasteiger partial charge is 0.385 e. The SMILES string of the molecule is COCCCN1C(=O)c2ccccc2C1Nc1cccc(C(=O)NCc2ccccn2)c1. The van der Waals surface area contributed by atoms with Crippen LogP contribution in [0.4, 0.5) is 5.69 Å². The number of hydrogen-bond donors (Lipinski definition) is 2. The normalized spacial score (nSPS) is 14.8. The summed E-state index contributed by atoms with van der Waals surface area (Å²) < 4.78 is 5.16. The van der Waals surface area contributed by atoms with E-state index in [4.69, 9.17) is 4.74 Å². The van der Waals surface area contributed by atoms with E-state index in [9.17, 15) is 9.59 Å². The summed E-state index contributed by atoms with van der Waals surface area (Å²) in [7, 11) is 1.65. The summed E-state index contributed by atoms with van der Waals surface area (Å²) in [4.78, 5) is 31.7. The molecule has 32 heavy (non-hydrogen) atoms. The van der Waals surface area contributed by atoms with Crippen LogP contribution in [0.1, 0.15) is 44.6 Å². The second-order valence-corrected chi connectivity index (χ2v) is 7.56. The van der Waals surface area contributed by atoms with Gasteiger partial charge in [0.15, 0.2) is 0 Å². The topological polar surface area (TPSA) is 83.6 Å². The van der Waals surface area contributed by atoms with Gasteiger partial charge in [0.1, 0.15) is 6.17 Å². The number of carbonyl (C=O) groups is 2. The van der Waals surface area contributed by atoms with E-state index < -0.39 is 0 Å². The van der Waals surface area contributed by atoms with Crippen LogP contribution in [-0.2, 0) is 11.3 Å². The quantitative estimate of drug-likeness (QED) is 0.507. The van der Waals surface area contributed by atoms with Gasteiger partial charge in [0.25, 0.3) is 11.8 Å². The van der Waals surface area contributed by atoms with Gasteiger partial charge in [0.2, 0.25) is 0 Å². The van der Waals surface area contributed by atoms with Crippen molar-refractivity contribution >= 4 is 17.5 Å². The van der Waals surface area contributed by atoms with Crippen molar-refractivity contribution in [2.45, 2.75) is 19.1 Å². The molecule has 1 atom stereocenters. The van der Waals surface area contributed by atoms with Crippen LogP contribution >= 0.6 is 0 Å². The van der Waals surface area contributed by atoms with Gasteiger partial charge in [-0.2, -0.15) is 0 Å². The zero-order valence-electron chi connectivity index (χ0n) is 18.0. The Morgan fingerprint density at radius 1 is 1.09 bits per heavy atom. The lowest BCUT2D eigenvalue weighted by Gasteiger charge is -2.27. The molecule has 1 aliphatic rings. The molecule has 1 aliphatic heterocycles. The van der Waals surface area contributed by atoms with E-state index in [1.54, 1.807) is 25.4 Å². The number of amides is 2. The van der Waals surface area contributed by atoms with Crippen LogP contribution in [-0.4, -0.2) is 42.0 Å². The Morgan fingerprint density at radius 2 is 1.94 bits per heavy atom. The maximum absolute atomic E-state index is 13.0. The average Bonchev–Trinajstić information content (AvgIpc) is 3.10. The van der Waals surface area contributed by atoms with Crippen molar-refractivity contribution in [3.8, 4) is 0 Å². The fourth-order valence-electron chi connectivity index (χ4n) is 3.82. The Hall–Kier alpha value is -3.71. The summed E-state index contributed by atoms with van der Waals surface area (Å²) in [6, 6.07) is 20.5. The molecular weight excluding hydrogens is 404 g/mol. The molecule has 164 valence electrons. The van der Waals surface area contributed by atoms with Crippen molar-refractivity contribution in [1.82, 2.24) is 15.2 Å². The molecule has 2 N–H and O–H groups in total. The fraction of sp³-hybridized carbons (Fsp3) is 0.240. The molecule has 0 bridgehead atoms. The van der Waals surface area contributed by atoms with Gasteiger partial charge in [0.05, 0.1) is 12.2 Å². The minimum Gasteiger partial charge on any atom is -0.385 e. The lowest BCUT2D eigenvalue weighted by Crippen LogP contribution is -2.33. The second kappa shape index (κ2) is 10.1. The number of benzene rings is 2. The van der Waals surface area contributed by atoms with E-state index in [0.717, 1.165) is 23.4 Å². The molecule has 0 aliphatic carbocycles. The van der Waals surface area contributed by atoms with Crippen molar-refractivity contribution in [1.29, 1.82) is 0 Å². The van der Waals surface area contributed by atoms with Crippen molar-refractivity contribution < 1.29 is 14.3 Å². The van der Waals surface area contributed by atoms with Crippen LogP contribution in [0.15, 0.2) is 72.9 Å². The van der Waals surface area contributed by atoms with Crippen molar-refractivity contribution in [2.24, 2.45) is 0 Å². The Bertz CT molecular complexity index is 1090. The number of nitrogens with one attached hydrogen (secondary N) is 2.